The lowest BCUT2D eigenvalue weighted by Crippen LogP contribution is -2.00. The van der Waals surface area contributed by atoms with Crippen molar-refractivity contribution in [3.63, 3.8) is 0 Å². The molecule has 2 nitrogen and oxygen atoms in total. The van der Waals surface area contributed by atoms with Crippen molar-refractivity contribution < 1.29 is 0 Å². The van der Waals surface area contributed by atoms with E-state index in [1.165, 1.54) is 5.56 Å². The minimum Gasteiger partial charge on any atom is -0.280 e. The number of aliphatic imine (C=N–C) groups is 1. The van der Waals surface area contributed by atoms with Gasteiger partial charge >= 0.3 is 0 Å². The largest absolute Gasteiger partial charge is 0.280 e. The third-order valence-electron chi connectivity index (χ3n) is 2.70. The molecular formula is C15H16N2. The second-order valence-electron chi connectivity index (χ2n) is 4.02. The van der Waals surface area contributed by atoms with Gasteiger partial charge in [-0.05, 0) is 31.5 Å². The smallest absolute Gasteiger partial charge is 0.0837 e. The topological polar surface area (TPSA) is 25.2 Å². The molecule has 0 N–H and O–H groups in total. The highest BCUT2D eigenvalue weighted by atomic mass is 14.8. The van der Waals surface area contributed by atoms with Crippen LogP contribution in [0.5, 0.6) is 0 Å². The zero-order valence-electron chi connectivity index (χ0n) is 10.2. The lowest BCUT2D eigenvalue weighted by atomic mass is 10.1. The van der Waals surface area contributed by atoms with Crippen LogP contribution >= 0.6 is 0 Å². The van der Waals surface area contributed by atoms with Gasteiger partial charge in [0.2, 0.25) is 0 Å². The SMILES string of the molecule is C/C(=N\[C@@H](C)c1ccccc1)c1ccccn1. The monoisotopic (exact) mass is 224 g/mol. The Hall–Kier alpha value is -1.96. The van der Waals surface area contributed by atoms with Crippen LogP contribution in [0.3, 0.4) is 0 Å². The molecule has 0 unspecified atom stereocenters. The second-order valence-corrected chi connectivity index (χ2v) is 4.02. The van der Waals surface area contributed by atoms with Crippen LogP contribution in [-0.2, 0) is 0 Å². The van der Waals surface area contributed by atoms with Crippen molar-refractivity contribution >= 4 is 5.71 Å². The molecule has 2 aromatic rings. The summed E-state index contributed by atoms with van der Waals surface area (Å²) in [6.45, 7) is 4.10. The molecule has 0 amide bonds. The average Bonchev–Trinajstić information content (AvgIpc) is 2.40. The van der Waals surface area contributed by atoms with Gasteiger partial charge in [0, 0.05) is 6.20 Å². The molecule has 2 heteroatoms. The Kier molecular flexibility index (Phi) is 3.66. The summed E-state index contributed by atoms with van der Waals surface area (Å²) >= 11 is 0. The van der Waals surface area contributed by atoms with Gasteiger partial charge in [-0.1, -0.05) is 36.4 Å². The summed E-state index contributed by atoms with van der Waals surface area (Å²) in [7, 11) is 0. The van der Waals surface area contributed by atoms with Crippen molar-refractivity contribution in [2.45, 2.75) is 19.9 Å². The number of hydrogen-bond acceptors (Lipinski definition) is 2. The third-order valence-corrected chi connectivity index (χ3v) is 2.70. The Morgan fingerprint density at radius 2 is 1.76 bits per heavy atom. The van der Waals surface area contributed by atoms with Gasteiger partial charge in [0.05, 0.1) is 17.4 Å². The normalized spacial score (nSPS) is 13.4. The van der Waals surface area contributed by atoms with Gasteiger partial charge in [-0.3, -0.25) is 9.98 Å². The Labute approximate surface area is 102 Å². The summed E-state index contributed by atoms with van der Waals surface area (Å²) in [5, 5.41) is 0. The quantitative estimate of drug-likeness (QED) is 0.730. The fourth-order valence-electron chi connectivity index (χ4n) is 1.74. The van der Waals surface area contributed by atoms with Crippen LogP contribution in [0.25, 0.3) is 0 Å². The van der Waals surface area contributed by atoms with E-state index in [2.05, 4.69) is 29.0 Å². The highest BCUT2D eigenvalue weighted by Crippen LogP contribution is 2.16. The van der Waals surface area contributed by atoms with Gasteiger partial charge in [-0.25, -0.2) is 0 Å². The van der Waals surface area contributed by atoms with Crippen molar-refractivity contribution in [2.24, 2.45) is 4.99 Å². The molecule has 0 fully saturated rings. The van der Waals surface area contributed by atoms with E-state index in [4.69, 9.17) is 0 Å². The lowest BCUT2D eigenvalue weighted by molar-refractivity contribution is 0.818. The number of nitrogens with zero attached hydrogens (tertiary/aromatic N) is 2. The maximum atomic E-state index is 4.67. The molecule has 17 heavy (non-hydrogen) atoms. The molecule has 0 aliphatic rings. The Bertz CT molecular complexity index is 489. The summed E-state index contributed by atoms with van der Waals surface area (Å²) in [6, 6.07) is 16.3. The van der Waals surface area contributed by atoms with Gasteiger partial charge in [-0.2, -0.15) is 0 Å². The van der Waals surface area contributed by atoms with E-state index in [-0.39, 0.29) is 6.04 Å². The number of pyridine rings is 1. The minimum absolute atomic E-state index is 0.165. The van der Waals surface area contributed by atoms with E-state index in [1.54, 1.807) is 6.20 Å². The predicted octanol–water partition coefficient (Wildman–Crippen LogP) is 3.65. The fourth-order valence-corrected chi connectivity index (χ4v) is 1.74. The maximum absolute atomic E-state index is 4.67. The molecule has 0 radical (unpaired) electrons. The standard InChI is InChI=1S/C15H16N2/c1-12(14-8-4-3-5-9-14)17-13(2)15-10-6-7-11-16-15/h3-12H,1-2H3/b17-13+/t12-/m0/s1. The van der Waals surface area contributed by atoms with Crippen molar-refractivity contribution in [3.05, 3.63) is 66.0 Å². The molecule has 86 valence electrons. The van der Waals surface area contributed by atoms with Gasteiger partial charge in [0.1, 0.15) is 0 Å². The summed E-state index contributed by atoms with van der Waals surface area (Å²) < 4.78 is 0. The zero-order chi connectivity index (χ0) is 12.1. The van der Waals surface area contributed by atoms with Crippen molar-refractivity contribution in [1.29, 1.82) is 0 Å². The Balaban J connectivity index is 2.20. The molecule has 0 aliphatic heterocycles. The Morgan fingerprint density at radius 3 is 2.41 bits per heavy atom. The first kappa shape index (κ1) is 11.5. The van der Waals surface area contributed by atoms with Gasteiger partial charge in [0.15, 0.2) is 0 Å². The summed E-state index contributed by atoms with van der Waals surface area (Å²) in [6.07, 6.45) is 1.79. The first-order valence-electron chi connectivity index (χ1n) is 5.78. The van der Waals surface area contributed by atoms with Gasteiger partial charge < -0.3 is 0 Å². The Morgan fingerprint density at radius 1 is 1.06 bits per heavy atom. The zero-order valence-corrected chi connectivity index (χ0v) is 10.2. The summed E-state index contributed by atoms with van der Waals surface area (Å²) in [5.41, 5.74) is 3.14. The number of benzene rings is 1. The van der Waals surface area contributed by atoms with Gasteiger partial charge in [-0.15, -0.1) is 0 Å². The van der Waals surface area contributed by atoms with Crippen LogP contribution in [0.15, 0.2) is 59.7 Å². The highest BCUT2D eigenvalue weighted by molar-refractivity contribution is 5.97. The van der Waals surface area contributed by atoms with E-state index in [0.29, 0.717) is 0 Å². The van der Waals surface area contributed by atoms with E-state index >= 15 is 0 Å². The lowest BCUT2D eigenvalue weighted by Gasteiger charge is -2.08. The number of rotatable bonds is 3. The van der Waals surface area contributed by atoms with Gasteiger partial charge in [0.25, 0.3) is 0 Å². The van der Waals surface area contributed by atoms with Crippen LogP contribution in [0.4, 0.5) is 0 Å². The van der Waals surface area contributed by atoms with Crippen LogP contribution in [0.1, 0.15) is 31.1 Å². The molecule has 0 saturated carbocycles. The molecule has 1 aromatic heterocycles. The third kappa shape index (κ3) is 3.00. The molecule has 0 bridgehead atoms. The maximum Gasteiger partial charge on any atom is 0.0837 e. The highest BCUT2D eigenvalue weighted by Gasteiger charge is 2.04. The summed E-state index contributed by atoms with van der Waals surface area (Å²) in [5.74, 6) is 0. The predicted molar refractivity (Wildman–Crippen MR) is 71.3 cm³/mol. The van der Waals surface area contributed by atoms with E-state index in [9.17, 15) is 0 Å². The molecular weight excluding hydrogens is 208 g/mol. The second kappa shape index (κ2) is 5.39. The first-order valence-corrected chi connectivity index (χ1v) is 5.78. The van der Waals surface area contributed by atoms with Crippen molar-refractivity contribution in [2.75, 3.05) is 0 Å². The van der Waals surface area contributed by atoms with E-state index in [0.717, 1.165) is 11.4 Å². The van der Waals surface area contributed by atoms with E-state index < -0.39 is 0 Å². The van der Waals surface area contributed by atoms with Crippen molar-refractivity contribution in [1.82, 2.24) is 4.98 Å². The van der Waals surface area contributed by atoms with Crippen LogP contribution in [-0.4, -0.2) is 10.7 Å². The van der Waals surface area contributed by atoms with Crippen molar-refractivity contribution in [3.8, 4) is 0 Å². The molecule has 0 aliphatic carbocycles. The molecule has 1 aromatic carbocycles. The van der Waals surface area contributed by atoms with Crippen LogP contribution < -0.4 is 0 Å². The van der Waals surface area contributed by atoms with Crippen LogP contribution in [0, 0.1) is 0 Å². The minimum atomic E-state index is 0.165. The molecule has 1 heterocycles. The molecule has 2 rings (SSSR count). The fraction of sp³-hybridized carbons (Fsp3) is 0.200. The summed E-state index contributed by atoms with van der Waals surface area (Å²) in [4.78, 5) is 8.97. The van der Waals surface area contributed by atoms with Crippen LogP contribution in [0.2, 0.25) is 0 Å². The van der Waals surface area contributed by atoms with E-state index in [1.807, 2.05) is 43.3 Å². The molecule has 0 spiro atoms. The first-order chi connectivity index (χ1) is 8.27. The number of hydrogen-bond donors (Lipinski definition) is 0. The number of aromatic nitrogens is 1. The average molecular weight is 224 g/mol. The molecule has 0 saturated heterocycles. The molecule has 1 atom stereocenters.